The Kier molecular flexibility index (Phi) is 5.39. The van der Waals surface area contributed by atoms with Crippen molar-refractivity contribution in [3.8, 4) is 0 Å². The number of nitrogens with zero attached hydrogens (tertiary/aromatic N) is 2. The smallest absolute Gasteiger partial charge is 0.365 e. The van der Waals surface area contributed by atoms with Gasteiger partial charge < -0.3 is 21.7 Å². The molecule has 0 aliphatic carbocycles. The molecule has 4 rings (SSSR count). The van der Waals surface area contributed by atoms with Gasteiger partial charge in [-0.05, 0) is 42.3 Å². The topological polar surface area (TPSA) is 122 Å². The van der Waals surface area contributed by atoms with Crippen LogP contribution in [0.5, 0.6) is 0 Å². The van der Waals surface area contributed by atoms with Crippen LogP contribution >= 0.6 is 0 Å². The molecule has 164 valence electrons. The molecule has 0 saturated heterocycles. The molecule has 11 heteroatoms. The van der Waals surface area contributed by atoms with E-state index < -0.39 is 17.6 Å². The first kappa shape index (κ1) is 21.1. The summed E-state index contributed by atoms with van der Waals surface area (Å²) in [6.45, 7) is 0.458. The van der Waals surface area contributed by atoms with E-state index >= 15 is 0 Å². The second kappa shape index (κ2) is 8.17. The first-order valence-electron chi connectivity index (χ1n) is 9.50. The number of hydrogen-bond donors (Lipinski definition) is 4. The number of carbonyl (C=O) groups is 2. The number of nitrogens with two attached hydrogens (primary N) is 1. The van der Waals surface area contributed by atoms with Crippen molar-refractivity contribution in [2.75, 3.05) is 17.2 Å². The average molecular weight is 442 g/mol. The highest BCUT2D eigenvalue weighted by Crippen LogP contribution is 2.32. The quantitative estimate of drug-likeness (QED) is 0.481. The van der Waals surface area contributed by atoms with E-state index in [1.165, 1.54) is 18.3 Å². The number of aromatic nitrogens is 2. The second-order valence-electron chi connectivity index (χ2n) is 6.99. The number of fused-ring (bicyclic) bond motifs is 1. The molecule has 2 aromatic carbocycles. The lowest BCUT2D eigenvalue weighted by atomic mass is 9.98. The molecule has 0 saturated carbocycles. The number of primary amides is 1. The van der Waals surface area contributed by atoms with E-state index in [1.807, 2.05) is 0 Å². The molecular formula is C21H17F3N6O2. The minimum atomic E-state index is -4.50. The van der Waals surface area contributed by atoms with Gasteiger partial charge in [0.15, 0.2) is 0 Å². The molecule has 8 nitrogen and oxygen atoms in total. The number of amides is 2. The zero-order chi connectivity index (χ0) is 22.9. The normalized spacial score (nSPS) is 13.2. The maximum absolute atomic E-state index is 13.0. The summed E-state index contributed by atoms with van der Waals surface area (Å²) in [5.74, 6) is -0.985. The van der Waals surface area contributed by atoms with E-state index in [0.717, 1.165) is 17.7 Å². The summed E-state index contributed by atoms with van der Waals surface area (Å²) in [6, 6.07) is 9.64. The predicted molar refractivity (Wildman–Crippen MR) is 111 cm³/mol. The first-order valence-corrected chi connectivity index (χ1v) is 9.50. The number of benzene rings is 2. The molecule has 1 aliphatic heterocycles. The molecule has 0 radical (unpaired) electrons. The fraction of sp³-hybridized carbons (Fsp3) is 0.143. The van der Waals surface area contributed by atoms with Crippen molar-refractivity contribution in [2.45, 2.75) is 12.6 Å². The van der Waals surface area contributed by atoms with Crippen LogP contribution in [-0.4, -0.2) is 28.3 Å². The van der Waals surface area contributed by atoms with Crippen LogP contribution in [0, 0.1) is 0 Å². The highest BCUT2D eigenvalue weighted by molar-refractivity contribution is 6.00. The standard InChI is InChI=1S/C21H17F3N6O2/c22-21(23,24)11-3-1-4-12(9-11)28-20-27-10-15(17(25)31)18(30-20)29-16-6-2-5-14-13(16)7-8-26-19(14)32/h1-6,9-10H,7-8H2,(H2,25,31)(H,26,32)(H2,27,28,29,30). The van der Waals surface area contributed by atoms with E-state index in [0.29, 0.717) is 24.2 Å². The van der Waals surface area contributed by atoms with Crippen LogP contribution < -0.4 is 21.7 Å². The van der Waals surface area contributed by atoms with Gasteiger partial charge >= 0.3 is 6.18 Å². The van der Waals surface area contributed by atoms with Crippen LogP contribution in [0.3, 0.4) is 0 Å². The van der Waals surface area contributed by atoms with Gasteiger partial charge in [-0.2, -0.15) is 18.2 Å². The monoisotopic (exact) mass is 442 g/mol. The van der Waals surface area contributed by atoms with Crippen molar-refractivity contribution in [2.24, 2.45) is 5.73 Å². The molecule has 32 heavy (non-hydrogen) atoms. The Bertz CT molecular complexity index is 1210. The number of alkyl halides is 3. The van der Waals surface area contributed by atoms with E-state index in [9.17, 15) is 22.8 Å². The van der Waals surface area contributed by atoms with Crippen LogP contribution in [0.2, 0.25) is 0 Å². The van der Waals surface area contributed by atoms with Gasteiger partial charge in [0, 0.05) is 29.7 Å². The summed E-state index contributed by atoms with van der Waals surface area (Å²) in [5.41, 5.74) is 6.51. The Labute approximate surface area is 180 Å². The molecule has 1 aromatic heterocycles. The summed E-state index contributed by atoms with van der Waals surface area (Å²) >= 11 is 0. The van der Waals surface area contributed by atoms with Crippen molar-refractivity contribution in [3.63, 3.8) is 0 Å². The van der Waals surface area contributed by atoms with Crippen molar-refractivity contribution in [1.29, 1.82) is 0 Å². The Balaban J connectivity index is 1.68. The first-order chi connectivity index (χ1) is 15.2. The lowest BCUT2D eigenvalue weighted by molar-refractivity contribution is -0.137. The minimum absolute atomic E-state index is 0.0162. The predicted octanol–water partition coefficient (Wildman–Crippen LogP) is 3.37. The van der Waals surface area contributed by atoms with Gasteiger partial charge in [-0.15, -0.1) is 0 Å². The molecule has 0 spiro atoms. The van der Waals surface area contributed by atoms with Gasteiger partial charge in [0.25, 0.3) is 11.8 Å². The number of anilines is 4. The fourth-order valence-electron chi connectivity index (χ4n) is 3.33. The molecular weight excluding hydrogens is 425 g/mol. The molecule has 2 amide bonds. The third-order valence-corrected chi connectivity index (χ3v) is 4.83. The van der Waals surface area contributed by atoms with Crippen LogP contribution in [0.1, 0.15) is 31.8 Å². The summed E-state index contributed by atoms with van der Waals surface area (Å²) in [7, 11) is 0. The highest BCUT2D eigenvalue weighted by Gasteiger charge is 2.30. The Morgan fingerprint density at radius 1 is 1.12 bits per heavy atom. The molecule has 0 fully saturated rings. The summed E-state index contributed by atoms with van der Waals surface area (Å²) < 4.78 is 38.9. The average Bonchev–Trinajstić information content (AvgIpc) is 2.74. The largest absolute Gasteiger partial charge is 0.416 e. The second-order valence-corrected chi connectivity index (χ2v) is 6.99. The minimum Gasteiger partial charge on any atom is -0.365 e. The lowest BCUT2D eigenvalue weighted by Gasteiger charge is -2.20. The highest BCUT2D eigenvalue weighted by atomic mass is 19.4. The maximum atomic E-state index is 13.0. The lowest BCUT2D eigenvalue weighted by Crippen LogP contribution is -2.32. The third-order valence-electron chi connectivity index (χ3n) is 4.83. The molecule has 0 bridgehead atoms. The summed E-state index contributed by atoms with van der Waals surface area (Å²) in [6.07, 6.45) is -2.76. The number of hydrogen-bond acceptors (Lipinski definition) is 6. The maximum Gasteiger partial charge on any atom is 0.416 e. The Morgan fingerprint density at radius 3 is 2.66 bits per heavy atom. The fourth-order valence-corrected chi connectivity index (χ4v) is 3.33. The van der Waals surface area contributed by atoms with Crippen molar-refractivity contribution in [3.05, 3.63) is 70.9 Å². The third kappa shape index (κ3) is 4.31. The molecule has 0 atom stereocenters. The van der Waals surface area contributed by atoms with Crippen molar-refractivity contribution >= 4 is 35.0 Å². The van der Waals surface area contributed by atoms with E-state index in [1.54, 1.807) is 18.2 Å². The molecule has 1 aliphatic rings. The van der Waals surface area contributed by atoms with Gasteiger partial charge in [0.05, 0.1) is 5.56 Å². The van der Waals surface area contributed by atoms with E-state index in [2.05, 4.69) is 25.9 Å². The van der Waals surface area contributed by atoms with Crippen molar-refractivity contribution in [1.82, 2.24) is 15.3 Å². The van der Waals surface area contributed by atoms with Crippen LogP contribution in [-0.2, 0) is 12.6 Å². The van der Waals surface area contributed by atoms with Gasteiger partial charge in [0.1, 0.15) is 11.4 Å². The van der Waals surface area contributed by atoms with Gasteiger partial charge in [-0.25, -0.2) is 4.98 Å². The number of halogens is 3. The zero-order valence-corrected chi connectivity index (χ0v) is 16.5. The van der Waals surface area contributed by atoms with E-state index in [4.69, 9.17) is 5.73 Å². The number of nitrogens with one attached hydrogen (secondary N) is 3. The van der Waals surface area contributed by atoms with Crippen LogP contribution in [0.4, 0.5) is 36.3 Å². The SMILES string of the molecule is NC(=O)c1cnc(Nc2cccc(C(F)(F)F)c2)nc1Nc1cccc2c1CCNC2=O. The number of rotatable bonds is 5. The van der Waals surface area contributed by atoms with Gasteiger partial charge in [0.2, 0.25) is 5.95 Å². The molecule has 5 N–H and O–H groups in total. The van der Waals surface area contributed by atoms with Crippen molar-refractivity contribution < 1.29 is 22.8 Å². The summed E-state index contributed by atoms with van der Waals surface area (Å²) in [5, 5.41) is 8.47. The van der Waals surface area contributed by atoms with E-state index in [-0.39, 0.29) is 28.9 Å². The molecule has 3 aromatic rings. The summed E-state index contributed by atoms with van der Waals surface area (Å²) in [4.78, 5) is 32.2. The van der Waals surface area contributed by atoms with Gasteiger partial charge in [-0.1, -0.05) is 12.1 Å². The Morgan fingerprint density at radius 2 is 1.91 bits per heavy atom. The molecule has 0 unspecified atom stereocenters. The molecule has 2 heterocycles. The van der Waals surface area contributed by atoms with Crippen LogP contribution in [0.25, 0.3) is 0 Å². The van der Waals surface area contributed by atoms with Gasteiger partial charge in [-0.3, -0.25) is 9.59 Å². The number of carbonyl (C=O) groups excluding carboxylic acids is 2. The Hall–Kier alpha value is -4.15. The van der Waals surface area contributed by atoms with Crippen LogP contribution in [0.15, 0.2) is 48.7 Å². The zero-order valence-electron chi connectivity index (χ0n) is 16.5.